The summed E-state index contributed by atoms with van der Waals surface area (Å²) in [5.74, 6) is 1.66. The Bertz CT molecular complexity index is 682. The highest BCUT2D eigenvalue weighted by Crippen LogP contribution is 2.32. The molecule has 2 aromatic rings. The first-order chi connectivity index (χ1) is 10.3. The molecule has 4 rings (SSSR count). The topological polar surface area (TPSA) is 31.2 Å². The standard InChI is InChI=1S/C18H19NO2/c20-18(14-2-3-14)16-6-9-19(12-16)8-5-13-1-4-17-15(11-13)7-10-21-17/h1,4,6,9,11-12,14H,2-3,5,7-8,10H2. The number of Topliss-reactive ketones (excluding diaryl/α,β-unsaturated/α-hetero) is 1. The fourth-order valence-corrected chi connectivity index (χ4v) is 2.96. The largest absolute Gasteiger partial charge is 0.493 e. The molecule has 1 aliphatic heterocycles. The number of ether oxygens (including phenoxy) is 1. The second-order valence-corrected chi connectivity index (χ2v) is 6.07. The maximum absolute atomic E-state index is 12.0. The van der Waals surface area contributed by atoms with E-state index < -0.39 is 0 Å². The molecule has 108 valence electrons. The summed E-state index contributed by atoms with van der Waals surface area (Å²) in [7, 11) is 0. The zero-order valence-electron chi connectivity index (χ0n) is 12.0. The van der Waals surface area contributed by atoms with Crippen molar-refractivity contribution >= 4 is 5.78 Å². The Hall–Kier alpha value is -2.03. The van der Waals surface area contributed by atoms with Crippen molar-refractivity contribution in [3.05, 3.63) is 53.3 Å². The third-order valence-electron chi connectivity index (χ3n) is 4.40. The van der Waals surface area contributed by atoms with Gasteiger partial charge in [-0.15, -0.1) is 0 Å². The zero-order chi connectivity index (χ0) is 14.2. The lowest BCUT2D eigenvalue weighted by atomic mass is 10.1. The molecule has 21 heavy (non-hydrogen) atoms. The van der Waals surface area contributed by atoms with E-state index in [9.17, 15) is 4.79 Å². The van der Waals surface area contributed by atoms with Crippen LogP contribution in [-0.4, -0.2) is 17.0 Å². The minimum Gasteiger partial charge on any atom is -0.493 e. The second-order valence-electron chi connectivity index (χ2n) is 6.07. The highest BCUT2D eigenvalue weighted by atomic mass is 16.5. The molecule has 1 saturated carbocycles. The summed E-state index contributed by atoms with van der Waals surface area (Å²) in [6.07, 6.45) is 8.16. The molecule has 2 heterocycles. The molecular weight excluding hydrogens is 262 g/mol. The molecule has 0 N–H and O–H groups in total. The van der Waals surface area contributed by atoms with Crippen molar-refractivity contribution in [1.29, 1.82) is 0 Å². The number of hydrogen-bond acceptors (Lipinski definition) is 2. The number of aryl methyl sites for hydroxylation is 2. The van der Waals surface area contributed by atoms with Gasteiger partial charge in [0.2, 0.25) is 0 Å². The number of rotatable bonds is 5. The van der Waals surface area contributed by atoms with Gasteiger partial charge in [-0.1, -0.05) is 12.1 Å². The molecule has 3 nitrogen and oxygen atoms in total. The first-order valence-corrected chi connectivity index (χ1v) is 7.74. The molecule has 0 bridgehead atoms. The third-order valence-corrected chi connectivity index (χ3v) is 4.40. The molecule has 0 saturated heterocycles. The molecule has 1 aromatic carbocycles. The predicted octanol–water partition coefficient (Wildman–Crippen LogP) is 3.26. The summed E-state index contributed by atoms with van der Waals surface area (Å²) >= 11 is 0. The van der Waals surface area contributed by atoms with Gasteiger partial charge in [0.1, 0.15) is 5.75 Å². The van der Waals surface area contributed by atoms with E-state index in [1.807, 2.05) is 18.5 Å². The summed E-state index contributed by atoms with van der Waals surface area (Å²) in [5.41, 5.74) is 3.53. The Labute approximate surface area is 124 Å². The van der Waals surface area contributed by atoms with Crippen LogP contribution in [0.1, 0.15) is 34.3 Å². The molecule has 0 unspecified atom stereocenters. The van der Waals surface area contributed by atoms with Gasteiger partial charge >= 0.3 is 0 Å². The number of hydrogen-bond donors (Lipinski definition) is 0. The number of carbonyl (C=O) groups is 1. The smallest absolute Gasteiger partial charge is 0.167 e. The monoisotopic (exact) mass is 281 g/mol. The van der Waals surface area contributed by atoms with E-state index in [1.54, 1.807) is 0 Å². The lowest BCUT2D eigenvalue weighted by Gasteiger charge is -2.05. The predicted molar refractivity (Wildman–Crippen MR) is 80.8 cm³/mol. The molecule has 2 aliphatic rings. The average Bonchev–Trinajstić information content (AvgIpc) is 3.07. The van der Waals surface area contributed by atoms with Crippen molar-refractivity contribution in [2.45, 2.75) is 32.2 Å². The number of benzene rings is 1. The maximum atomic E-state index is 12.0. The molecule has 3 heteroatoms. The van der Waals surface area contributed by atoms with Crippen LogP contribution < -0.4 is 4.74 Å². The van der Waals surface area contributed by atoms with Gasteiger partial charge in [0, 0.05) is 36.8 Å². The third kappa shape index (κ3) is 2.60. The van der Waals surface area contributed by atoms with Crippen molar-refractivity contribution in [3.63, 3.8) is 0 Å². The van der Waals surface area contributed by atoms with Gasteiger partial charge in [0.25, 0.3) is 0 Å². The van der Waals surface area contributed by atoms with E-state index in [0.717, 1.165) is 50.1 Å². The van der Waals surface area contributed by atoms with Gasteiger partial charge in [0.15, 0.2) is 5.78 Å². The lowest BCUT2D eigenvalue weighted by molar-refractivity contribution is 0.0967. The highest BCUT2D eigenvalue weighted by molar-refractivity contribution is 5.99. The van der Waals surface area contributed by atoms with Crippen molar-refractivity contribution in [2.24, 2.45) is 5.92 Å². The van der Waals surface area contributed by atoms with Crippen molar-refractivity contribution < 1.29 is 9.53 Å². The summed E-state index contributed by atoms with van der Waals surface area (Å²) in [6.45, 7) is 1.72. The van der Waals surface area contributed by atoms with Crippen molar-refractivity contribution in [2.75, 3.05) is 6.61 Å². The van der Waals surface area contributed by atoms with Crippen LogP contribution in [0, 0.1) is 5.92 Å². The van der Waals surface area contributed by atoms with E-state index >= 15 is 0 Å². The fourth-order valence-electron chi connectivity index (χ4n) is 2.96. The number of nitrogens with zero attached hydrogens (tertiary/aromatic N) is 1. The molecule has 0 spiro atoms. The zero-order valence-corrected chi connectivity index (χ0v) is 12.0. The number of carbonyl (C=O) groups excluding carboxylic acids is 1. The normalized spacial score (nSPS) is 16.6. The van der Waals surface area contributed by atoms with Gasteiger partial charge in [0.05, 0.1) is 6.61 Å². The van der Waals surface area contributed by atoms with Crippen molar-refractivity contribution in [1.82, 2.24) is 4.57 Å². The first kappa shape index (κ1) is 12.7. The van der Waals surface area contributed by atoms with Gasteiger partial charge in [-0.25, -0.2) is 0 Å². The van der Waals surface area contributed by atoms with Crippen molar-refractivity contribution in [3.8, 4) is 5.75 Å². The quantitative estimate of drug-likeness (QED) is 0.788. The summed E-state index contributed by atoms with van der Waals surface area (Å²) in [4.78, 5) is 12.0. The Morgan fingerprint density at radius 1 is 1.29 bits per heavy atom. The Morgan fingerprint density at radius 3 is 3.05 bits per heavy atom. The lowest BCUT2D eigenvalue weighted by Crippen LogP contribution is -2.01. The molecular formula is C18H19NO2. The van der Waals surface area contributed by atoms with Gasteiger partial charge in [-0.2, -0.15) is 0 Å². The van der Waals surface area contributed by atoms with Crippen LogP contribution in [-0.2, 0) is 19.4 Å². The fraction of sp³-hybridized carbons (Fsp3) is 0.389. The van der Waals surface area contributed by atoms with Gasteiger partial charge in [-0.05, 0) is 42.5 Å². The Morgan fingerprint density at radius 2 is 2.19 bits per heavy atom. The molecule has 1 aliphatic carbocycles. The molecule has 1 fully saturated rings. The van der Waals surface area contributed by atoms with Crippen LogP contribution >= 0.6 is 0 Å². The van der Waals surface area contributed by atoms with Crippen LogP contribution in [0.25, 0.3) is 0 Å². The molecule has 1 aromatic heterocycles. The van der Waals surface area contributed by atoms with E-state index in [-0.39, 0.29) is 0 Å². The minimum absolute atomic E-state index is 0.303. The van der Waals surface area contributed by atoms with E-state index in [4.69, 9.17) is 4.74 Å². The minimum atomic E-state index is 0.303. The highest BCUT2D eigenvalue weighted by Gasteiger charge is 2.30. The van der Waals surface area contributed by atoms with Crippen LogP contribution in [0.3, 0.4) is 0 Å². The van der Waals surface area contributed by atoms with Crippen LogP contribution in [0.4, 0.5) is 0 Å². The molecule has 0 atom stereocenters. The summed E-state index contributed by atoms with van der Waals surface area (Å²) in [6, 6.07) is 8.43. The van der Waals surface area contributed by atoms with Gasteiger partial charge < -0.3 is 9.30 Å². The second kappa shape index (κ2) is 5.06. The summed E-state index contributed by atoms with van der Waals surface area (Å²) < 4.78 is 7.66. The van der Waals surface area contributed by atoms with E-state index in [2.05, 4.69) is 22.8 Å². The Kier molecular flexibility index (Phi) is 3.06. The number of aromatic nitrogens is 1. The Balaban J connectivity index is 1.41. The van der Waals surface area contributed by atoms with Crippen LogP contribution in [0.5, 0.6) is 5.75 Å². The number of fused-ring (bicyclic) bond motifs is 1. The number of ketones is 1. The maximum Gasteiger partial charge on any atom is 0.167 e. The van der Waals surface area contributed by atoms with Gasteiger partial charge in [-0.3, -0.25) is 4.79 Å². The average molecular weight is 281 g/mol. The van der Waals surface area contributed by atoms with Crippen LogP contribution in [0.15, 0.2) is 36.7 Å². The molecule has 0 radical (unpaired) electrons. The molecule has 0 amide bonds. The summed E-state index contributed by atoms with van der Waals surface area (Å²) in [5, 5.41) is 0. The first-order valence-electron chi connectivity index (χ1n) is 7.74. The van der Waals surface area contributed by atoms with Crippen LogP contribution in [0.2, 0.25) is 0 Å². The van der Waals surface area contributed by atoms with E-state index in [0.29, 0.717) is 11.7 Å². The SMILES string of the molecule is O=C(c1ccn(CCc2ccc3c(c2)CCO3)c1)C1CC1. The van der Waals surface area contributed by atoms with E-state index in [1.165, 1.54) is 11.1 Å².